The van der Waals surface area contributed by atoms with Gasteiger partial charge in [-0.15, -0.1) is 6.58 Å². The van der Waals surface area contributed by atoms with Gasteiger partial charge in [-0.3, -0.25) is 0 Å². The predicted octanol–water partition coefficient (Wildman–Crippen LogP) is 5.97. The molecule has 0 bridgehead atoms. The number of halogens is 4. The molecule has 4 nitrogen and oxygen atoms in total. The molecule has 8 heteroatoms. The molecule has 0 unspecified atom stereocenters. The predicted molar refractivity (Wildman–Crippen MR) is 109 cm³/mol. The van der Waals surface area contributed by atoms with Crippen LogP contribution in [0.3, 0.4) is 0 Å². The fourth-order valence-corrected chi connectivity index (χ4v) is 2.92. The van der Waals surface area contributed by atoms with E-state index in [1.165, 1.54) is 18.3 Å². The molecule has 0 radical (unpaired) electrons. The van der Waals surface area contributed by atoms with Gasteiger partial charge in [0, 0.05) is 12.7 Å². The maximum Gasteiger partial charge on any atom is 0.254 e. The number of unbranched alkanes of at least 4 members (excludes halogenated alkanes) is 2. The average Bonchev–Trinajstić information content (AvgIpc) is 3.20. The highest BCUT2D eigenvalue weighted by Gasteiger charge is 2.26. The van der Waals surface area contributed by atoms with Crippen LogP contribution >= 0.6 is 0 Å². The Hall–Kier alpha value is -3.42. The number of nitrogens with zero attached hydrogens (tertiary/aromatic N) is 4. The summed E-state index contributed by atoms with van der Waals surface area (Å²) < 4.78 is 58.1. The Labute approximate surface area is 171 Å². The molecule has 0 aliphatic rings. The lowest BCUT2D eigenvalue weighted by atomic mass is 10.2. The zero-order chi connectivity index (χ0) is 21.5. The molecule has 0 saturated carbocycles. The Kier molecular flexibility index (Phi) is 7.00. The van der Waals surface area contributed by atoms with Crippen LogP contribution < -0.4 is 5.01 Å². The van der Waals surface area contributed by atoms with Crippen LogP contribution in [0.4, 0.5) is 28.9 Å². The Morgan fingerprint density at radius 1 is 0.967 bits per heavy atom. The lowest BCUT2D eigenvalue weighted by Crippen LogP contribution is -2.17. The minimum absolute atomic E-state index is 0.223. The first-order valence-electron chi connectivity index (χ1n) is 9.38. The van der Waals surface area contributed by atoms with E-state index in [2.05, 4.69) is 16.7 Å². The molecule has 30 heavy (non-hydrogen) atoms. The first kappa shape index (κ1) is 21.3. The molecule has 156 valence electrons. The first-order valence-corrected chi connectivity index (χ1v) is 9.38. The average molecular weight is 416 g/mol. The van der Waals surface area contributed by atoms with E-state index in [-0.39, 0.29) is 5.69 Å². The van der Waals surface area contributed by atoms with Crippen molar-refractivity contribution in [3.63, 3.8) is 0 Å². The maximum atomic E-state index is 14.4. The number of para-hydroxylation sites is 1. The summed E-state index contributed by atoms with van der Waals surface area (Å²) in [7, 11) is 0. The van der Waals surface area contributed by atoms with E-state index in [4.69, 9.17) is 0 Å². The van der Waals surface area contributed by atoms with Crippen LogP contribution in [0.5, 0.6) is 0 Å². The lowest BCUT2D eigenvalue weighted by Gasteiger charge is -2.20. The SMILES string of the molecule is C=CCCCCn1cccc1/C=N/N(c1ccccc1)c1c(F)c(F)nc(F)c1F. The molecule has 0 fully saturated rings. The van der Waals surface area contributed by atoms with E-state index in [0.29, 0.717) is 5.69 Å². The van der Waals surface area contributed by atoms with Gasteiger partial charge >= 0.3 is 0 Å². The Morgan fingerprint density at radius 3 is 2.33 bits per heavy atom. The normalized spacial score (nSPS) is 11.2. The van der Waals surface area contributed by atoms with Gasteiger partial charge in [-0.25, -0.2) is 5.01 Å². The zero-order valence-electron chi connectivity index (χ0n) is 16.1. The maximum absolute atomic E-state index is 14.4. The fourth-order valence-electron chi connectivity index (χ4n) is 2.92. The lowest BCUT2D eigenvalue weighted by molar-refractivity contribution is 0.408. The summed E-state index contributed by atoms with van der Waals surface area (Å²) >= 11 is 0. The standard InChI is InChI=1S/C22H20F4N4/c1-2-3-4-8-13-29-14-9-12-17(29)15-27-30(16-10-6-5-7-11-16)20-18(23)21(25)28-22(26)19(20)24/h2,5-7,9-12,14-15H,1,3-4,8,13H2/b27-15+. The second kappa shape index (κ2) is 9.87. The quantitative estimate of drug-likeness (QED) is 0.108. The van der Waals surface area contributed by atoms with E-state index < -0.39 is 29.2 Å². The zero-order valence-corrected chi connectivity index (χ0v) is 16.1. The van der Waals surface area contributed by atoms with Crippen LogP contribution in [0.25, 0.3) is 0 Å². The van der Waals surface area contributed by atoms with Crippen LogP contribution in [-0.4, -0.2) is 15.8 Å². The number of pyridine rings is 1. The number of benzene rings is 1. The summed E-state index contributed by atoms with van der Waals surface area (Å²) in [6, 6.07) is 11.5. The highest BCUT2D eigenvalue weighted by Crippen LogP contribution is 2.32. The molecule has 0 atom stereocenters. The number of allylic oxidation sites excluding steroid dienone is 1. The Balaban J connectivity index is 1.97. The topological polar surface area (TPSA) is 33.4 Å². The molecular formula is C22H20F4N4. The number of hydrogen-bond acceptors (Lipinski definition) is 3. The number of rotatable bonds is 9. The second-order valence-electron chi connectivity index (χ2n) is 6.47. The van der Waals surface area contributed by atoms with E-state index in [1.807, 2.05) is 22.9 Å². The van der Waals surface area contributed by atoms with Crippen LogP contribution in [0.15, 0.2) is 66.4 Å². The van der Waals surface area contributed by atoms with E-state index in [0.717, 1.165) is 30.8 Å². The van der Waals surface area contributed by atoms with Crippen LogP contribution in [-0.2, 0) is 6.54 Å². The number of aryl methyl sites for hydroxylation is 1. The molecule has 2 heterocycles. The van der Waals surface area contributed by atoms with Crippen LogP contribution in [0.1, 0.15) is 25.0 Å². The van der Waals surface area contributed by atoms with Crippen molar-refractivity contribution in [2.24, 2.45) is 5.10 Å². The summed E-state index contributed by atoms with van der Waals surface area (Å²) in [5, 5.41) is 4.96. The molecular weight excluding hydrogens is 396 g/mol. The molecule has 0 amide bonds. The van der Waals surface area contributed by atoms with Crippen molar-refractivity contribution in [2.75, 3.05) is 5.01 Å². The number of aromatic nitrogens is 2. The third kappa shape index (κ3) is 4.76. The summed E-state index contributed by atoms with van der Waals surface area (Å²) in [6.45, 7) is 4.41. The smallest absolute Gasteiger partial charge is 0.254 e. The molecule has 2 aromatic heterocycles. The van der Waals surface area contributed by atoms with Gasteiger partial charge in [-0.05, 0) is 43.5 Å². The first-order chi connectivity index (χ1) is 14.5. The Bertz CT molecular complexity index is 1000. The van der Waals surface area contributed by atoms with Gasteiger partial charge in [0.15, 0.2) is 0 Å². The molecule has 0 saturated heterocycles. The fraction of sp³-hybridized carbons (Fsp3) is 0.182. The van der Waals surface area contributed by atoms with E-state index in [9.17, 15) is 17.6 Å². The molecule has 0 aliphatic carbocycles. The van der Waals surface area contributed by atoms with Crippen molar-refractivity contribution in [3.05, 3.63) is 90.5 Å². The molecule has 1 aromatic carbocycles. The molecule has 0 N–H and O–H groups in total. The molecule has 0 spiro atoms. The monoisotopic (exact) mass is 416 g/mol. The van der Waals surface area contributed by atoms with Gasteiger partial charge in [-0.1, -0.05) is 24.3 Å². The number of anilines is 2. The third-order valence-electron chi connectivity index (χ3n) is 4.41. The van der Waals surface area contributed by atoms with Gasteiger partial charge < -0.3 is 4.57 Å². The molecule has 0 aliphatic heterocycles. The summed E-state index contributed by atoms with van der Waals surface area (Å²) in [5.74, 6) is -6.75. The largest absolute Gasteiger partial charge is 0.347 e. The minimum atomic E-state index is -1.74. The van der Waals surface area contributed by atoms with Crippen molar-refractivity contribution in [1.29, 1.82) is 0 Å². The highest BCUT2D eigenvalue weighted by molar-refractivity contribution is 5.80. The number of hydrogen-bond donors (Lipinski definition) is 0. The van der Waals surface area contributed by atoms with Crippen molar-refractivity contribution in [2.45, 2.75) is 25.8 Å². The summed E-state index contributed by atoms with van der Waals surface area (Å²) in [4.78, 5) is 2.61. The second-order valence-corrected chi connectivity index (χ2v) is 6.47. The van der Waals surface area contributed by atoms with Crippen LogP contribution in [0.2, 0.25) is 0 Å². The van der Waals surface area contributed by atoms with Gasteiger partial charge in [0.1, 0.15) is 5.69 Å². The van der Waals surface area contributed by atoms with E-state index >= 15 is 0 Å². The van der Waals surface area contributed by atoms with E-state index in [1.54, 1.807) is 24.3 Å². The van der Waals surface area contributed by atoms with Gasteiger partial charge in [0.2, 0.25) is 11.6 Å². The van der Waals surface area contributed by atoms with Gasteiger partial charge in [0.25, 0.3) is 11.9 Å². The minimum Gasteiger partial charge on any atom is -0.347 e. The van der Waals surface area contributed by atoms with Gasteiger partial charge in [-0.2, -0.15) is 27.6 Å². The molecule has 3 aromatic rings. The van der Waals surface area contributed by atoms with Gasteiger partial charge in [0.05, 0.1) is 17.6 Å². The molecule has 3 rings (SSSR count). The number of hydrazone groups is 1. The van der Waals surface area contributed by atoms with Crippen molar-refractivity contribution < 1.29 is 17.6 Å². The summed E-state index contributed by atoms with van der Waals surface area (Å²) in [5.41, 5.74) is -0.0856. The highest BCUT2D eigenvalue weighted by atomic mass is 19.2. The summed E-state index contributed by atoms with van der Waals surface area (Å²) in [6.07, 6.45) is 7.88. The van der Waals surface area contributed by atoms with Crippen molar-refractivity contribution in [1.82, 2.24) is 9.55 Å². The Morgan fingerprint density at radius 2 is 1.67 bits per heavy atom. The van der Waals surface area contributed by atoms with Crippen molar-refractivity contribution >= 4 is 17.6 Å². The van der Waals surface area contributed by atoms with Crippen molar-refractivity contribution in [3.8, 4) is 0 Å². The van der Waals surface area contributed by atoms with Crippen LogP contribution in [0, 0.1) is 23.5 Å². The third-order valence-corrected chi connectivity index (χ3v) is 4.41.